The number of hydrogen-bond donors (Lipinski definition) is 1. The Morgan fingerprint density at radius 2 is 2.03 bits per heavy atom. The molecule has 1 aliphatic heterocycles. The Hall–Kier alpha value is -3.19. The Bertz CT molecular complexity index is 1180. The maximum atomic E-state index is 13.1. The monoisotopic (exact) mass is 449 g/mol. The molecule has 0 saturated heterocycles. The van der Waals surface area contributed by atoms with Crippen molar-refractivity contribution >= 4 is 34.5 Å². The number of rotatable bonds is 5. The highest BCUT2D eigenvalue weighted by Gasteiger charge is 2.33. The Morgan fingerprint density at radius 3 is 2.72 bits per heavy atom. The summed E-state index contributed by atoms with van der Waals surface area (Å²) in [5.41, 5.74) is 5.18. The molecule has 0 spiro atoms. The first-order valence-corrected chi connectivity index (χ1v) is 11.6. The summed E-state index contributed by atoms with van der Waals surface area (Å²) in [5, 5.41) is 5.99. The second-order valence-corrected chi connectivity index (χ2v) is 9.42. The van der Waals surface area contributed by atoms with Crippen molar-refractivity contribution in [1.29, 1.82) is 0 Å². The normalized spacial score (nSPS) is 15.5. The smallest absolute Gasteiger partial charge is 0.268 e. The molecule has 1 N–H and O–H groups in total. The molecule has 0 aliphatic carbocycles. The standard InChI is InChI=1S/C25H27N3O3S/c1-14(2)19-8-6-7-15(3)24(19)27-23(29)12-28-21-11-18(20-13-32-17(5)26-20)9-10-22(21)31-16(4)25(28)30/h6-11,13-14,16H,12H2,1-5H3,(H,27,29). The molecular formula is C25H27N3O3S. The lowest BCUT2D eigenvalue weighted by atomic mass is 9.98. The van der Waals surface area contributed by atoms with E-state index in [1.807, 2.05) is 55.6 Å². The van der Waals surface area contributed by atoms with Crippen LogP contribution in [0.15, 0.2) is 41.8 Å². The van der Waals surface area contributed by atoms with Gasteiger partial charge in [-0.05, 0) is 56.0 Å². The van der Waals surface area contributed by atoms with Crippen LogP contribution in [-0.2, 0) is 9.59 Å². The van der Waals surface area contributed by atoms with Gasteiger partial charge in [-0.2, -0.15) is 0 Å². The SMILES string of the molecule is Cc1nc(-c2ccc3c(c2)N(CC(=O)Nc2c(C)cccc2C(C)C)C(=O)C(C)O3)cs1. The van der Waals surface area contributed by atoms with Crippen molar-refractivity contribution in [3.8, 4) is 17.0 Å². The summed E-state index contributed by atoms with van der Waals surface area (Å²) >= 11 is 1.57. The average molecular weight is 450 g/mol. The summed E-state index contributed by atoms with van der Waals surface area (Å²) in [6.07, 6.45) is -0.660. The molecule has 0 fully saturated rings. The van der Waals surface area contributed by atoms with Gasteiger partial charge in [0.2, 0.25) is 5.91 Å². The van der Waals surface area contributed by atoms with E-state index in [4.69, 9.17) is 4.74 Å². The van der Waals surface area contributed by atoms with E-state index in [1.54, 1.807) is 18.3 Å². The number of anilines is 2. The van der Waals surface area contributed by atoms with Crippen molar-refractivity contribution in [1.82, 2.24) is 4.98 Å². The number of carbonyl (C=O) groups excluding carboxylic acids is 2. The number of carbonyl (C=O) groups is 2. The summed E-state index contributed by atoms with van der Waals surface area (Å²) in [5.74, 6) is 0.358. The number of ether oxygens (including phenoxy) is 1. The molecule has 1 aromatic heterocycles. The molecule has 166 valence electrons. The highest BCUT2D eigenvalue weighted by molar-refractivity contribution is 7.09. The van der Waals surface area contributed by atoms with Crippen LogP contribution in [0.2, 0.25) is 0 Å². The van der Waals surface area contributed by atoms with E-state index in [1.165, 1.54) is 4.90 Å². The predicted molar refractivity (Wildman–Crippen MR) is 129 cm³/mol. The fourth-order valence-electron chi connectivity index (χ4n) is 3.89. The summed E-state index contributed by atoms with van der Waals surface area (Å²) in [7, 11) is 0. The first-order chi connectivity index (χ1) is 15.2. The quantitative estimate of drug-likeness (QED) is 0.574. The number of hydrogen-bond acceptors (Lipinski definition) is 5. The van der Waals surface area contributed by atoms with Crippen LogP contribution in [0.4, 0.5) is 11.4 Å². The fourth-order valence-corrected chi connectivity index (χ4v) is 4.51. The van der Waals surface area contributed by atoms with Gasteiger partial charge in [0.25, 0.3) is 5.91 Å². The maximum Gasteiger partial charge on any atom is 0.268 e. The van der Waals surface area contributed by atoms with Crippen LogP contribution in [0.25, 0.3) is 11.3 Å². The van der Waals surface area contributed by atoms with Crippen LogP contribution >= 0.6 is 11.3 Å². The number of amides is 2. The van der Waals surface area contributed by atoms with Crippen LogP contribution in [0.5, 0.6) is 5.75 Å². The number of nitrogens with zero attached hydrogens (tertiary/aromatic N) is 2. The number of thiazole rings is 1. The van der Waals surface area contributed by atoms with Crippen molar-refractivity contribution in [3.63, 3.8) is 0 Å². The molecule has 1 unspecified atom stereocenters. The lowest BCUT2D eigenvalue weighted by molar-refractivity contribution is -0.127. The Morgan fingerprint density at radius 1 is 1.25 bits per heavy atom. The minimum atomic E-state index is -0.660. The van der Waals surface area contributed by atoms with Gasteiger partial charge in [-0.1, -0.05) is 32.0 Å². The third-order valence-electron chi connectivity index (χ3n) is 5.58. The molecule has 0 saturated carbocycles. The molecule has 0 bridgehead atoms. The highest BCUT2D eigenvalue weighted by Crippen LogP contribution is 2.38. The van der Waals surface area contributed by atoms with Crippen LogP contribution in [0.1, 0.15) is 42.8 Å². The van der Waals surface area contributed by atoms with Gasteiger partial charge in [-0.25, -0.2) is 4.98 Å². The molecule has 1 aliphatic rings. The molecule has 2 amide bonds. The van der Waals surface area contributed by atoms with Gasteiger partial charge in [0.15, 0.2) is 6.10 Å². The zero-order valence-corrected chi connectivity index (χ0v) is 19.7. The molecule has 2 heterocycles. The van der Waals surface area contributed by atoms with E-state index >= 15 is 0 Å². The largest absolute Gasteiger partial charge is 0.479 e. The maximum absolute atomic E-state index is 13.1. The van der Waals surface area contributed by atoms with E-state index in [0.29, 0.717) is 11.4 Å². The third kappa shape index (κ3) is 4.25. The van der Waals surface area contributed by atoms with E-state index in [0.717, 1.165) is 33.1 Å². The molecule has 1 atom stereocenters. The first kappa shape index (κ1) is 22.0. The van der Waals surface area contributed by atoms with Crippen LogP contribution in [-0.4, -0.2) is 29.4 Å². The molecule has 7 heteroatoms. The van der Waals surface area contributed by atoms with Crippen molar-refractivity contribution in [2.75, 3.05) is 16.8 Å². The van der Waals surface area contributed by atoms with Crippen molar-refractivity contribution in [2.24, 2.45) is 0 Å². The lowest BCUT2D eigenvalue weighted by Gasteiger charge is -2.33. The number of benzene rings is 2. The van der Waals surface area contributed by atoms with Crippen molar-refractivity contribution in [2.45, 2.75) is 46.6 Å². The van der Waals surface area contributed by atoms with Gasteiger partial charge < -0.3 is 10.1 Å². The summed E-state index contributed by atoms with van der Waals surface area (Å²) in [6, 6.07) is 11.6. The Labute approximate surface area is 192 Å². The molecule has 3 aromatic rings. The molecule has 6 nitrogen and oxygen atoms in total. The second-order valence-electron chi connectivity index (χ2n) is 8.36. The van der Waals surface area contributed by atoms with E-state index < -0.39 is 6.10 Å². The first-order valence-electron chi connectivity index (χ1n) is 10.7. The molecule has 0 radical (unpaired) electrons. The predicted octanol–water partition coefficient (Wildman–Crippen LogP) is 5.30. The number of fused-ring (bicyclic) bond motifs is 1. The van der Waals surface area contributed by atoms with Crippen LogP contribution < -0.4 is 15.0 Å². The summed E-state index contributed by atoms with van der Waals surface area (Å²) < 4.78 is 5.80. The van der Waals surface area contributed by atoms with Gasteiger partial charge in [-0.15, -0.1) is 11.3 Å². The van der Waals surface area contributed by atoms with Gasteiger partial charge in [0.05, 0.1) is 16.4 Å². The van der Waals surface area contributed by atoms with Gasteiger partial charge >= 0.3 is 0 Å². The minimum absolute atomic E-state index is 0.0923. The zero-order chi connectivity index (χ0) is 23.0. The molecule has 2 aromatic carbocycles. The van der Waals surface area contributed by atoms with Crippen molar-refractivity contribution < 1.29 is 14.3 Å². The van der Waals surface area contributed by atoms with Crippen LogP contribution in [0, 0.1) is 13.8 Å². The Balaban J connectivity index is 1.64. The third-order valence-corrected chi connectivity index (χ3v) is 6.35. The van der Waals surface area contributed by atoms with Gasteiger partial charge in [-0.3, -0.25) is 14.5 Å². The van der Waals surface area contributed by atoms with E-state index in [2.05, 4.69) is 24.1 Å². The lowest BCUT2D eigenvalue weighted by Crippen LogP contribution is -2.47. The summed E-state index contributed by atoms with van der Waals surface area (Å²) in [4.78, 5) is 32.1. The van der Waals surface area contributed by atoms with E-state index in [9.17, 15) is 9.59 Å². The molecular weight excluding hydrogens is 422 g/mol. The van der Waals surface area contributed by atoms with E-state index in [-0.39, 0.29) is 24.3 Å². The molecule has 4 rings (SSSR count). The fraction of sp³-hybridized carbons (Fsp3) is 0.320. The number of aromatic nitrogens is 1. The highest BCUT2D eigenvalue weighted by atomic mass is 32.1. The topological polar surface area (TPSA) is 71.5 Å². The number of nitrogens with one attached hydrogen (secondary N) is 1. The second kappa shape index (κ2) is 8.74. The van der Waals surface area contributed by atoms with Gasteiger partial charge in [0, 0.05) is 16.6 Å². The van der Waals surface area contributed by atoms with Crippen molar-refractivity contribution in [3.05, 3.63) is 57.9 Å². The zero-order valence-electron chi connectivity index (χ0n) is 18.9. The minimum Gasteiger partial charge on any atom is -0.479 e. The average Bonchev–Trinajstić information content (AvgIpc) is 3.18. The summed E-state index contributed by atoms with van der Waals surface area (Å²) in [6.45, 7) is 9.72. The molecule has 32 heavy (non-hydrogen) atoms. The number of para-hydroxylation sites is 1. The Kier molecular flexibility index (Phi) is 6.02. The van der Waals surface area contributed by atoms with Gasteiger partial charge in [0.1, 0.15) is 12.3 Å². The van der Waals surface area contributed by atoms with Crippen LogP contribution in [0.3, 0.4) is 0 Å². The number of aryl methyl sites for hydroxylation is 2.